The van der Waals surface area contributed by atoms with Gasteiger partial charge >= 0.3 is 0 Å². The summed E-state index contributed by atoms with van der Waals surface area (Å²) in [6.07, 6.45) is 3.50. The van der Waals surface area contributed by atoms with Crippen molar-refractivity contribution in [2.45, 2.75) is 45.7 Å². The number of aryl methyl sites for hydroxylation is 3. The molecule has 0 spiro atoms. The van der Waals surface area contributed by atoms with Gasteiger partial charge in [-0.15, -0.1) is 11.3 Å². The lowest BCUT2D eigenvalue weighted by molar-refractivity contribution is 0.447. The third kappa shape index (κ3) is 2.74. The number of thiophene rings is 1. The molecule has 1 atom stereocenters. The lowest BCUT2D eigenvalue weighted by Gasteiger charge is -2.26. The Bertz CT molecular complexity index is 598. The highest BCUT2D eigenvalue weighted by atomic mass is 32.1. The number of phenols is 1. The summed E-state index contributed by atoms with van der Waals surface area (Å²) in [5, 5.41) is 13.4. The van der Waals surface area contributed by atoms with Crippen LogP contribution in [0.3, 0.4) is 0 Å². The largest absolute Gasteiger partial charge is 0.508 e. The third-order valence-electron chi connectivity index (χ3n) is 4.18. The second kappa shape index (κ2) is 5.58. The number of nitrogens with one attached hydrogen (secondary N) is 1. The van der Waals surface area contributed by atoms with Crippen LogP contribution in [0, 0.1) is 13.8 Å². The van der Waals surface area contributed by atoms with Gasteiger partial charge in [0.2, 0.25) is 0 Å². The van der Waals surface area contributed by atoms with Crippen LogP contribution in [0.1, 0.15) is 45.3 Å². The van der Waals surface area contributed by atoms with Crippen molar-refractivity contribution in [3.05, 3.63) is 50.7 Å². The van der Waals surface area contributed by atoms with Gasteiger partial charge in [0.25, 0.3) is 0 Å². The van der Waals surface area contributed by atoms with Crippen LogP contribution in [0.5, 0.6) is 5.75 Å². The number of aromatic hydroxyl groups is 1. The summed E-state index contributed by atoms with van der Waals surface area (Å²) in [4.78, 5) is 2.80. The number of phenolic OH excluding ortho intramolecular Hbond substituents is 1. The van der Waals surface area contributed by atoms with Gasteiger partial charge in [0.1, 0.15) is 5.75 Å². The monoisotopic (exact) mass is 287 g/mol. The molecule has 20 heavy (non-hydrogen) atoms. The van der Waals surface area contributed by atoms with Gasteiger partial charge in [-0.2, -0.15) is 0 Å². The second-order valence-electron chi connectivity index (χ2n) is 5.66. The Hall–Kier alpha value is -1.32. The van der Waals surface area contributed by atoms with Gasteiger partial charge in [-0.05, 0) is 68.0 Å². The molecular formula is C17H21NOS. The van der Waals surface area contributed by atoms with Crippen LogP contribution in [0.4, 0.5) is 0 Å². The second-order valence-corrected chi connectivity index (χ2v) is 7.00. The van der Waals surface area contributed by atoms with Crippen molar-refractivity contribution in [3.8, 4) is 5.75 Å². The average molecular weight is 287 g/mol. The van der Waals surface area contributed by atoms with Gasteiger partial charge in [0.15, 0.2) is 0 Å². The van der Waals surface area contributed by atoms with E-state index >= 15 is 0 Å². The van der Waals surface area contributed by atoms with Crippen LogP contribution in [0.25, 0.3) is 0 Å². The number of hydrogen-bond acceptors (Lipinski definition) is 3. The SMILES string of the molecule is Cc1cc(CNC2CCCc3ccc(O)cc32)sc1C. The average Bonchev–Trinajstić information content (AvgIpc) is 2.75. The Morgan fingerprint density at radius 1 is 1.30 bits per heavy atom. The van der Waals surface area contributed by atoms with Crippen molar-refractivity contribution in [1.29, 1.82) is 0 Å². The minimum Gasteiger partial charge on any atom is -0.508 e. The van der Waals surface area contributed by atoms with E-state index in [0.29, 0.717) is 11.8 Å². The van der Waals surface area contributed by atoms with Crippen LogP contribution in [-0.2, 0) is 13.0 Å². The Morgan fingerprint density at radius 2 is 2.15 bits per heavy atom. The van der Waals surface area contributed by atoms with Crippen LogP contribution in [0.2, 0.25) is 0 Å². The molecule has 1 aromatic heterocycles. The Balaban J connectivity index is 1.74. The first-order chi connectivity index (χ1) is 9.63. The Labute approximate surface area is 124 Å². The van der Waals surface area contributed by atoms with Crippen molar-refractivity contribution >= 4 is 11.3 Å². The standard InChI is InChI=1S/C17H21NOS/c1-11-8-15(20-12(11)2)10-18-17-5-3-4-13-6-7-14(19)9-16(13)17/h6-9,17-19H,3-5,10H2,1-2H3. The van der Waals surface area contributed by atoms with Gasteiger partial charge in [-0.1, -0.05) is 6.07 Å². The van der Waals surface area contributed by atoms with Gasteiger partial charge in [-0.25, -0.2) is 0 Å². The molecular weight excluding hydrogens is 266 g/mol. The number of benzene rings is 1. The van der Waals surface area contributed by atoms with E-state index in [0.717, 1.165) is 19.4 Å². The Morgan fingerprint density at radius 3 is 2.90 bits per heavy atom. The fourth-order valence-corrected chi connectivity index (χ4v) is 3.96. The van der Waals surface area contributed by atoms with Crippen molar-refractivity contribution < 1.29 is 5.11 Å². The summed E-state index contributed by atoms with van der Waals surface area (Å²) in [6, 6.07) is 8.44. The van der Waals surface area contributed by atoms with E-state index in [1.807, 2.05) is 17.4 Å². The van der Waals surface area contributed by atoms with Crippen LogP contribution in [-0.4, -0.2) is 5.11 Å². The molecule has 2 aromatic rings. The van der Waals surface area contributed by atoms with E-state index in [9.17, 15) is 5.11 Å². The molecule has 106 valence electrons. The molecule has 2 N–H and O–H groups in total. The maximum Gasteiger partial charge on any atom is 0.115 e. The smallest absolute Gasteiger partial charge is 0.115 e. The molecule has 1 unspecified atom stereocenters. The van der Waals surface area contributed by atoms with Gasteiger partial charge in [-0.3, -0.25) is 0 Å². The molecule has 0 aliphatic heterocycles. The first-order valence-electron chi connectivity index (χ1n) is 7.24. The first-order valence-corrected chi connectivity index (χ1v) is 8.06. The highest BCUT2D eigenvalue weighted by Gasteiger charge is 2.20. The highest BCUT2D eigenvalue weighted by molar-refractivity contribution is 7.12. The van der Waals surface area contributed by atoms with E-state index in [-0.39, 0.29) is 0 Å². The minimum atomic E-state index is 0.369. The Kier molecular flexibility index (Phi) is 3.81. The van der Waals surface area contributed by atoms with Gasteiger partial charge in [0, 0.05) is 22.3 Å². The lowest BCUT2D eigenvalue weighted by Crippen LogP contribution is -2.24. The first kappa shape index (κ1) is 13.7. The molecule has 3 rings (SSSR count). The van der Waals surface area contributed by atoms with Crippen molar-refractivity contribution in [2.75, 3.05) is 0 Å². The van der Waals surface area contributed by atoms with Crippen LogP contribution < -0.4 is 5.32 Å². The predicted molar refractivity (Wildman–Crippen MR) is 84.4 cm³/mol. The summed E-state index contributed by atoms with van der Waals surface area (Å²) in [6.45, 7) is 5.26. The van der Waals surface area contributed by atoms with E-state index in [1.54, 1.807) is 6.07 Å². The molecule has 0 amide bonds. The maximum absolute atomic E-state index is 9.71. The quantitative estimate of drug-likeness (QED) is 0.885. The molecule has 3 heteroatoms. The van der Waals surface area contributed by atoms with E-state index in [4.69, 9.17) is 0 Å². The van der Waals surface area contributed by atoms with E-state index < -0.39 is 0 Å². The minimum absolute atomic E-state index is 0.369. The van der Waals surface area contributed by atoms with Crippen LogP contribution >= 0.6 is 11.3 Å². The fraction of sp³-hybridized carbons (Fsp3) is 0.412. The summed E-state index contributed by atoms with van der Waals surface area (Å²) < 4.78 is 0. The normalized spacial score (nSPS) is 18.0. The van der Waals surface area contributed by atoms with Crippen molar-refractivity contribution in [1.82, 2.24) is 5.32 Å². The molecule has 0 radical (unpaired) electrons. The zero-order chi connectivity index (χ0) is 14.1. The summed E-state index contributed by atoms with van der Waals surface area (Å²) >= 11 is 1.88. The van der Waals surface area contributed by atoms with Crippen LogP contribution in [0.15, 0.2) is 24.3 Å². The molecule has 1 aromatic carbocycles. The maximum atomic E-state index is 9.71. The number of rotatable bonds is 3. The summed E-state index contributed by atoms with van der Waals surface area (Å²) in [5.41, 5.74) is 4.04. The number of fused-ring (bicyclic) bond motifs is 1. The lowest BCUT2D eigenvalue weighted by atomic mass is 9.87. The fourth-order valence-electron chi connectivity index (χ4n) is 2.96. The van der Waals surface area contributed by atoms with Gasteiger partial charge < -0.3 is 10.4 Å². The molecule has 0 saturated carbocycles. The summed E-state index contributed by atoms with van der Waals surface area (Å²) in [5.74, 6) is 0.375. The summed E-state index contributed by atoms with van der Waals surface area (Å²) in [7, 11) is 0. The third-order valence-corrected chi connectivity index (χ3v) is 5.34. The molecule has 0 fully saturated rings. The van der Waals surface area contributed by atoms with Crippen molar-refractivity contribution in [3.63, 3.8) is 0 Å². The molecule has 1 aliphatic carbocycles. The van der Waals surface area contributed by atoms with E-state index in [1.165, 1.54) is 32.9 Å². The van der Waals surface area contributed by atoms with Crippen molar-refractivity contribution in [2.24, 2.45) is 0 Å². The number of hydrogen-bond donors (Lipinski definition) is 2. The molecule has 1 heterocycles. The molecule has 1 aliphatic rings. The zero-order valence-electron chi connectivity index (χ0n) is 12.1. The van der Waals surface area contributed by atoms with E-state index in [2.05, 4.69) is 31.3 Å². The van der Waals surface area contributed by atoms with Gasteiger partial charge in [0.05, 0.1) is 0 Å². The predicted octanol–water partition coefficient (Wildman–Crippen LogP) is 4.24. The molecule has 0 bridgehead atoms. The molecule has 0 saturated heterocycles. The highest BCUT2D eigenvalue weighted by Crippen LogP contribution is 2.32. The topological polar surface area (TPSA) is 32.3 Å². The zero-order valence-corrected chi connectivity index (χ0v) is 12.9. The molecule has 2 nitrogen and oxygen atoms in total.